The van der Waals surface area contributed by atoms with Gasteiger partial charge in [-0.2, -0.15) is 0 Å². The largest absolute Gasteiger partial charge is 0.292 e. The van der Waals surface area contributed by atoms with E-state index in [1.165, 1.54) is 49.9 Å². The summed E-state index contributed by atoms with van der Waals surface area (Å²) in [6, 6.07) is 13.6. The Balaban J connectivity index is 1.66. The van der Waals surface area contributed by atoms with E-state index in [0.29, 0.717) is 0 Å². The average Bonchev–Trinajstić information content (AvgIpc) is 3.44. The molecule has 126 valence electrons. The zero-order chi connectivity index (χ0) is 16.5. The summed E-state index contributed by atoms with van der Waals surface area (Å²) in [5.41, 5.74) is 2.17. The lowest BCUT2D eigenvalue weighted by Gasteiger charge is -2.39. The van der Waals surface area contributed by atoms with E-state index in [0.717, 1.165) is 36.1 Å². The van der Waals surface area contributed by atoms with Gasteiger partial charge in [0.15, 0.2) is 0 Å². The molecule has 1 atom stereocenters. The highest BCUT2D eigenvalue weighted by Crippen LogP contribution is 2.43. The summed E-state index contributed by atoms with van der Waals surface area (Å²) in [6.07, 6.45) is 5.27. The minimum Gasteiger partial charge on any atom is -0.292 e. The smallest absolute Gasteiger partial charge is 0.123 e. The van der Waals surface area contributed by atoms with Crippen LogP contribution in [0.5, 0.6) is 0 Å². The lowest BCUT2D eigenvalue weighted by molar-refractivity contribution is 0.130. The van der Waals surface area contributed by atoms with Crippen molar-refractivity contribution < 1.29 is 8.78 Å². The number of benzene rings is 2. The monoisotopic (exact) mass is 327 g/mol. The Kier molecular flexibility index (Phi) is 4.36. The maximum Gasteiger partial charge on any atom is 0.123 e. The number of halogens is 2. The fourth-order valence-corrected chi connectivity index (χ4v) is 4.13. The summed E-state index contributed by atoms with van der Waals surface area (Å²) in [6.45, 7) is 2.13. The van der Waals surface area contributed by atoms with Gasteiger partial charge in [0.05, 0.1) is 6.04 Å². The van der Waals surface area contributed by atoms with Crippen LogP contribution < -0.4 is 0 Å². The molecule has 0 N–H and O–H groups in total. The van der Waals surface area contributed by atoms with Crippen molar-refractivity contribution in [3.63, 3.8) is 0 Å². The second kappa shape index (κ2) is 6.64. The third-order valence-corrected chi connectivity index (χ3v) is 5.51. The highest BCUT2D eigenvalue weighted by Gasteiger charge is 2.36. The Morgan fingerprint density at radius 3 is 1.79 bits per heavy atom. The molecule has 1 saturated heterocycles. The summed E-state index contributed by atoms with van der Waals surface area (Å²) in [7, 11) is 0. The quantitative estimate of drug-likeness (QED) is 0.748. The third kappa shape index (κ3) is 3.36. The Morgan fingerprint density at radius 1 is 0.750 bits per heavy atom. The summed E-state index contributed by atoms with van der Waals surface area (Å²) in [4.78, 5) is 2.51. The molecule has 1 unspecified atom stereocenters. The van der Waals surface area contributed by atoms with E-state index in [4.69, 9.17) is 0 Å². The van der Waals surface area contributed by atoms with E-state index >= 15 is 0 Å². The van der Waals surface area contributed by atoms with Gasteiger partial charge in [0.25, 0.3) is 0 Å². The van der Waals surface area contributed by atoms with Crippen molar-refractivity contribution in [2.45, 2.75) is 31.7 Å². The minimum absolute atomic E-state index is 0.0766. The van der Waals surface area contributed by atoms with Crippen LogP contribution >= 0.6 is 0 Å². The predicted octanol–water partition coefficient (Wildman–Crippen LogP) is 5.18. The second-order valence-corrected chi connectivity index (χ2v) is 7.24. The maximum absolute atomic E-state index is 13.4. The first-order chi connectivity index (χ1) is 11.7. The first-order valence-electron chi connectivity index (χ1n) is 8.96. The van der Waals surface area contributed by atoms with Gasteiger partial charge in [0.1, 0.15) is 11.6 Å². The van der Waals surface area contributed by atoms with Crippen molar-refractivity contribution in [3.8, 4) is 0 Å². The normalized spacial score (nSPS) is 22.0. The van der Waals surface area contributed by atoms with Gasteiger partial charge in [-0.15, -0.1) is 0 Å². The van der Waals surface area contributed by atoms with Crippen LogP contribution in [0.25, 0.3) is 0 Å². The highest BCUT2D eigenvalue weighted by atomic mass is 19.1. The highest BCUT2D eigenvalue weighted by molar-refractivity contribution is 5.32. The van der Waals surface area contributed by atoms with Crippen LogP contribution in [-0.4, -0.2) is 18.0 Å². The molecule has 0 spiro atoms. The van der Waals surface area contributed by atoms with Crippen molar-refractivity contribution in [2.24, 2.45) is 11.8 Å². The van der Waals surface area contributed by atoms with Crippen molar-refractivity contribution in [1.29, 1.82) is 0 Å². The molecule has 2 aliphatic rings. The Hall–Kier alpha value is -1.74. The summed E-state index contributed by atoms with van der Waals surface area (Å²) >= 11 is 0. The van der Waals surface area contributed by atoms with Crippen molar-refractivity contribution >= 4 is 0 Å². The van der Waals surface area contributed by atoms with Crippen LogP contribution in [0.3, 0.4) is 0 Å². The molecule has 1 aliphatic carbocycles. The van der Waals surface area contributed by atoms with Crippen LogP contribution in [0.1, 0.15) is 42.9 Å². The van der Waals surface area contributed by atoms with Crippen molar-refractivity contribution in [2.75, 3.05) is 13.1 Å². The van der Waals surface area contributed by atoms with E-state index in [-0.39, 0.29) is 17.7 Å². The molecular weight excluding hydrogens is 304 g/mol. The molecular formula is C21H23F2N. The number of piperidine rings is 1. The lowest BCUT2D eigenvalue weighted by Crippen LogP contribution is -2.39. The fourth-order valence-electron chi connectivity index (χ4n) is 4.13. The van der Waals surface area contributed by atoms with Crippen LogP contribution in [0.4, 0.5) is 8.78 Å². The standard InChI is InChI=1S/C21H23F2N/c22-19-9-5-16(6-10-19)21(17-7-11-20(23)12-8-17)24-13-1-2-18(14-24)15-3-4-15/h5-12,15,18,21H,1-4,13-14H2. The molecule has 4 rings (SSSR count). The van der Waals surface area contributed by atoms with E-state index in [1.54, 1.807) is 0 Å². The second-order valence-electron chi connectivity index (χ2n) is 7.24. The number of hydrogen-bond acceptors (Lipinski definition) is 1. The van der Waals surface area contributed by atoms with Gasteiger partial charge in [0, 0.05) is 6.54 Å². The van der Waals surface area contributed by atoms with Gasteiger partial charge in [-0.1, -0.05) is 24.3 Å². The van der Waals surface area contributed by atoms with Crippen LogP contribution in [0.15, 0.2) is 48.5 Å². The van der Waals surface area contributed by atoms with Gasteiger partial charge in [0.2, 0.25) is 0 Å². The van der Waals surface area contributed by atoms with Crippen LogP contribution in [0.2, 0.25) is 0 Å². The van der Waals surface area contributed by atoms with Crippen LogP contribution in [-0.2, 0) is 0 Å². The van der Waals surface area contributed by atoms with Gasteiger partial charge in [-0.05, 0) is 79.5 Å². The molecule has 24 heavy (non-hydrogen) atoms. The Labute approximate surface area is 142 Å². The van der Waals surface area contributed by atoms with Crippen LogP contribution in [0, 0.1) is 23.5 Å². The zero-order valence-electron chi connectivity index (χ0n) is 13.8. The number of rotatable bonds is 4. The minimum atomic E-state index is -0.217. The molecule has 2 fully saturated rings. The molecule has 1 heterocycles. The third-order valence-electron chi connectivity index (χ3n) is 5.51. The number of nitrogens with zero attached hydrogens (tertiary/aromatic N) is 1. The van der Waals surface area contributed by atoms with E-state index in [1.807, 2.05) is 24.3 Å². The first-order valence-corrected chi connectivity index (χ1v) is 8.96. The SMILES string of the molecule is Fc1ccc(C(c2ccc(F)cc2)N2CCCC(C3CC3)C2)cc1. The molecule has 1 aliphatic heterocycles. The number of likely N-dealkylation sites (tertiary alicyclic amines) is 1. The first kappa shape index (κ1) is 15.8. The molecule has 0 amide bonds. The molecule has 1 nitrogen and oxygen atoms in total. The molecule has 2 aromatic carbocycles. The van der Waals surface area contributed by atoms with E-state index in [9.17, 15) is 8.78 Å². The summed E-state index contributed by atoms with van der Waals surface area (Å²) in [5, 5.41) is 0. The summed E-state index contributed by atoms with van der Waals surface area (Å²) < 4.78 is 26.7. The average molecular weight is 327 g/mol. The van der Waals surface area contributed by atoms with Crippen molar-refractivity contribution in [1.82, 2.24) is 4.90 Å². The van der Waals surface area contributed by atoms with E-state index < -0.39 is 0 Å². The maximum atomic E-state index is 13.4. The molecule has 0 aromatic heterocycles. The molecule has 2 aromatic rings. The predicted molar refractivity (Wildman–Crippen MR) is 91.7 cm³/mol. The van der Waals surface area contributed by atoms with Gasteiger partial charge in [-0.25, -0.2) is 8.78 Å². The Morgan fingerprint density at radius 2 is 1.29 bits per heavy atom. The van der Waals surface area contributed by atoms with Gasteiger partial charge < -0.3 is 0 Å². The van der Waals surface area contributed by atoms with E-state index in [2.05, 4.69) is 4.90 Å². The lowest BCUT2D eigenvalue weighted by atomic mass is 9.89. The Bertz CT molecular complexity index is 630. The molecule has 0 bridgehead atoms. The zero-order valence-corrected chi connectivity index (χ0v) is 13.8. The topological polar surface area (TPSA) is 3.24 Å². The molecule has 0 radical (unpaired) electrons. The fraction of sp³-hybridized carbons (Fsp3) is 0.429. The van der Waals surface area contributed by atoms with Gasteiger partial charge in [-0.3, -0.25) is 4.90 Å². The molecule has 3 heteroatoms. The molecule has 1 saturated carbocycles. The summed E-state index contributed by atoms with van der Waals surface area (Å²) in [5.74, 6) is 1.24. The van der Waals surface area contributed by atoms with Gasteiger partial charge >= 0.3 is 0 Å². The number of hydrogen-bond donors (Lipinski definition) is 0. The van der Waals surface area contributed by atoms with Crippen molar-refractivity contribution in [3.05, 3.63) is 71.3 Å².